The molecule has 0 saturated carbocycles. The first-order valence-electron chi connectivity index (χ1n) is 11.7. The first-order valence-corrected chi connectivity index (χ1v) is 15.7. The van der Waals surface area contributed by atoms with Crippen LogP contribution < -0.4 is 14.2 Å². The van der Waals surface area contributed by atoms with Gasteiger partial charge in [0.15, 0.2) is 25.9 Å². The van der Waals surface area contributed by atoms with E-state index in [0.717, 1.165) is 0 Å². The third-order valence-electron chi connectivity index (χ3n) is 6.84. The van der Waals surface area contributed by atoms with Crippen LogP contribution in [0.1, 0.15) is 45.7 Å². The molecule has 1 aromatic rings. The highest BCUT2D eigenvalue weighted by molar-refractivity contribution is 14.1. The van der Waals surface area contributed by atoms with E-state index in [9.17, 15) is 10.1 Å². The SMILES string of the molecule is COc1c(C#N)c(C)c(I)c(O[C@@H]2O[C@@H](C)[C@H](O[Si](C)(C)C(C)(C)C)[C@@H](OC)[C@H]2OC(C)=O)c1OC. The largest absolute Gasteiger partial charge is 0.491 e. The lowest BCUT2D eigenvalue weighted by Gasteiger charge is -2.48. The number of ether oxygens (including phenoxy) is 6. The van der Waals surface area contributed by atoms with Crippen LogP contribution >= 0.6 is 22.6 Å². The van der Waals surface area contributed by atoms with Gasteiger partial charge in [-0.05, 0) is 60.1 Å². The molecule has 1 aliphatic rings. The molecule has 0 bridgehead atoms. The third kappa shape index (κ3) is 6.10. The number of methoxy groups -OCH3 is 3. The second-order valence-electron chi connectivity index (χ2n) is 10.3. The zero-order valence-electron chi connectivity index (χ0n) is 23.0. The van der Waals surface area contributed by atoms with Crippen LogP contribution in [0, 0.1) is 21.8 Å². The Labute approximate surface area is 228 Å². The van der Waals surface area contributed by atoms with Crippen molar-refractivity contribution in [1.29, 1.82) is 5.26 Å². The molecule has 1 aliphatic heterocycles. The molecule has 0 spiro atoms. The van der Waals surface area contributed by atoms with Crippen LogP contribution in [0.15, 0.2) is 0 Å². The van der Waals surface area contributed by atoms with Crippen molar-refractivity contribution in [1.82, 2.24) is 0 Å². The molecule has 1 aromatic carbocycles. The smallest absolute Gasteiger partial charge is 0.303 e. The Morgan fingerprint density at radius 3 is 2.08 bits per heavy atom. The second kappa shape index (κ2) is 11.9. The summed E-state index contributed by atoms with van der Waals surface area (Å²) < 4.78 is 42.6. The van der Waals surface area contributed by atoms with Gasteiger partial charge in [-0.2, -0.15) is 5.26 Å². The van der Waals surface area contributed by atoms with Gasteiger partial charge in [0.1, 0.15) is 23.8 Å². The minimum Gasteiger partial charge on any atom is -0.491 e. The summed E-state index contributed by atoms with van der Waals surface area (Å²) in [4.78, 5) is 12.1. The lowest BCUT2D eigenvalue weighted by atomic mass is 9.99. The minimum atomic E-state index is -2.22. The maximum Gasteiger partial charge on any atom is 0.303 e. The summed E-state index contributed by atoms with van der Waals surface area (Å²) in [7, 11) is 2.25. The standard InChI is InChI=1S/C25H38INO8Si/c1-13-16(12-27)19(29-7)22(31-9)20(17(13)26)34-24-23(33-15(3)28)21(30-8)18(14(2)32-24)35-36(10,11)25(4,5)6/h14,18,21,23-24H,1-11H3/t14-,18-,21+,23+,24-/m0/s1. The van der Waals surface area contributed by atoms with Crippen LogP contribution in [0.4, 0.5) is 0 Å². The van der Waals surface area contributed by atoms with E-state index in [4.69, 9.17) is 32.8 Å². The summed E-state index contributed by atoms with van der Waals surface area (Å²) in [6.45, 7) is 15.8. The molecular formula is C25H38INO8Si. The van der Waals surface area contributed by atoms with E-state index < -0.39 is 45.0 Å². The summed E-state index contributed by atoms with van der Waals surface area (Å²) in [6, 6.07) is 2.16. The van der Waals surface area contributed by atoms with Crippen molar-refractivity contribution in [2.75, 3.05) is 21.3 Å². The molecule has 0 aliphatic carbocycles. The van der Waals surface area contributed by atoms with Gasteiger partial charge >= 0.3 is 5.97 Å². The highest BCUT2D eigenvalue weighted by atomic mass is 127. The number of nitrogens with zero attached hydrogens (tertiary/aromatic N) is 1. The van der Waals surface area contributed by atoms with Gasteiger partial charge in [0.2, 0.25) is 12.0 Å². The Bertz CT molecular complexity index is 1000. The number of halogens is 1. The van der Waals surface area contributed by atoms with Gasteiger partial charge in [0.05, 0.1) is 23.9 Å². The van der Waals surface area contributed by atoms with E-state index in [0.29, 0.717) is 20.4 Å². The highest BCUT2D eigenvalue weighted by Crippen LogP contribution is 2.47. The van der Waals surface area contributed by atoms with Crippen molar-refractivity contribution in [3.8, 4) is 23.3 Å². The molecule has 0 N–H and O–H groups in total. The first-order chi connectivity index (χ1) is 16.6. The predicted molar refractivity (Wildman–Crippen MR) is 145 cm³/mol. The average molecular weight is 636 g/mol. The quantitative estimate of drug-likeness (QED) is 0.223. The molecule has 2 rings (SSSR count). The molecule has 1 fully saturated rings. The molecule has 202 valence electrons. The number of esters is 1. The molecule has 0 unspecified atom stereocenters. The van der Waals surface area contributed by atoms with Gasteiger partial charge in [-0.25, -0.2) is 0 Å². The Kier molecular flexibility index (Phi) is 10.1. The monoisotopic (exact) mass is 635 g/mol. The third-order valence-corrected chi connectivity index (χ3v) is 12.6. The zero-order chi connectivity index (χ0) is 27.6. The summed E-state index contributed by atoms with van der Waals surface area (Å²) in [6.07, 6.45) is -3.54. The van der Waals surface area contributed by atoms with Crippen LogP contribution in [-0.4, -0.2) is 66.3 Å². The van der Waals surface area contributed by atoms with Gasteiger partial charge in [-0.1, -0.05) is 20.8 Å². The fourth-order valence-corrected chi connectivity index (χ4v) is 5.84. The molecule has 0 amide bonds. The maximum absolute atomic E-state index is 12.1. The van der Waals surface area contributed by atoms with E-state index in [-0.39, 0.29) is 16.5 Å². The van der Waals surface area contributed by atoms with Gasteiger partial charge in [-0.15, -0.1) is 0 Å². The van der Waals surface area contributed by atoms with Crippen molar-refractivity contribution < 1.29 is 37.6 Å². The lowest BCUT2D eigenvalue weighted by molar-refractivity contribution is -0.275. The molecule has 36 heavy (non-hydrogen) atoms. The first kappa shape index (κ1) is 30.6. The van der Waals surface area contributed by atoms with Crippen molar-refractivity contribution in [3.05, 3.63) is 14.7 Å². The Balaban J connectivity index is 2.57. The highest BCUT2D eigenvalue weighted by Gasteiger charge is 2.52. The fourth-order valence-electron chi connectivity index (χ4n) is 3.84. The van der Waals surface area contributed by atoms with E-state index in [1.807, 2.05) is 6.92 Å². The van der Waals surface area contributed by atoms with Crippen LogP contribution in [0.3, 0.4) is 0 Å². The normalized spacial score (nSPS) is 24.6. The Morgan fingerprint density at radius 1 is 1.06 bits per heavy atom. The Hall–Kier alpha value is -1.59. The minimum absolute atomic E-state index is 0.0463. The Morgan fingerprint density at radius 2 is 1.64 bits per heavy atom. The molecule has 1 saturated heterocycles. The van der Waals surface area contributed by atoms with Gasteiger partial charge in [0.25, 0.3) is 0 Å². The van der Waals surface area contributed by atoms with E-state index >= 15 is 0 Å². The summed E-state index contributed by atoms with van der Waals surface area (Å²) in [5.41, 5.74) is 1.01. The number of hydrogen-bond donors (Lipinski definition) is 0. The number of carbonyl (C=O) groups is 1. The number of hydrogen-bond acceptors (Lipinski definition) is 9. The van der Waals surface area contributed by atoms with E-state index in [1.54, 1.807) is 14.0 Å². The lowest BCUT2D eigenvalue weighted by Crippen LogP contribution is -2.63. The second-order valence-corrected chi connectivity index (χ2v) is 16.1. The number of nitriles is 1. The molecule has 0 aromatic heterocycles. The summed E-state index contributed by atoms with van der Waals surface area (Å²) in [5.74, 6) is 0.313. The predicted octanol–water partition coefficient (Wildman–Crippen LogP) is 4.95. The van der Waals surface area contributed by atoms with Crippen molar-refractivity contribution in [2.45, 2.75) is 90.4 Å². The molecule has 0 radical (unpaired) electrons. The summed E-state index contributed by atoms with van der Waals surface area (Å²) >= 11 is 2.09. The molecule has 1 heterocycles. The van der Waals surface area contributed by atoms with Crippen LogP contribution in [0.5, 0.6) is 17.2 Å². The number of benzene rings is 1. The number of carbonyl (C=O) groups excluding carboxylic acids is 1. The van der Waals surface area contributed by atoms with Crippen molar-refractivity contribution in [2.24, 2.45) is 0 Å². The van der Waals surface area contributed by atoms with E-state index in [2.05, 4.69) is 62.5 Å². The molecule has 5 atom stereocenters. The fraction of sp³-hybridized carbons (Fsp3) is 0.680. The molecular weight excluding hydrogens is 597 g/mol. The summed E-state index contributed by atoms with van der Waals surface area (Å²) in [5, 5.41) is 9.62. The topological polar surface area (TPSA) is 105 Å². The maximum atomic E-state index is 12.1. The van der Waals surface area contributed by atoms with Gasteiger partial charge < -0.3 is 32.8 Å². The number of rotatable bonds is 8. The zero-order valence-corrected chi connectivity index (χ0v) is 26.1. The van der Waals surface area contributed by atoms with Crippen molar-refractivity contribution >= 4 is 36.9 Å². The van der Waals surface area contributed by atoms with Crippen LogP contribution in [0.2, 0.25) is 18.1 Å². The average Bonchev–Trinajstić information content (AvgIpc) is 2.78. The van der Waals surface area contributed by atoms with Crippen LogP contribution in [-0.2, 0) is 23.4 Å². The molecule has 11 heteroatoms. The van der Waals surface area contributed by atoms with Gasteiger partial charge in [0, 0.05) is 14.0 Å². The van der Waals surface area contributed by atoms with Crippen LogP contribution in [0.25, 0.3) is 0 Å². The van der Waals surface area contributed by atoms with E-state index in [1.165, 1.54) is 21.1 Å². The van der Waals surface area contributed by atoms with Gasteiger partial charge in [-0.3, -0.25) is 4.79 Å². The molecule has 9 nitrogen and oxygen atoms in total. The van der Waals surface area contributed by atoms with Crippen molar-refractivity contribution in [3.63, 3.8) is 0 Å².